The summed E-state index contributed by atoms with van der Waals surface area (Å²) in [5.74, 6) is -0.448. The number of nitrogens with zero attached hydrogens (tertiary/aromatic N) is 1. The first kappa shape index (κ1) is 25.7. The van der Waals surface area contributed by atoms with Crippen LogP contribution in [0.1, 0.15) is 97.8 Å². The Hall–Kier alpha value is -1.59. The van der Waals surface area contributed by atoms with Crippen molar-refractivity contribution in [3.63, 3.8) is 0 Å². The number of nitrogens with two attached hydrogens (primary N) is 1. The summed E-state index contributed by atoms with van der Waals surface area (Å²) in [6.45, 7) is 7.76. The molecule has 1 heterocycles. The summed E-state index contributed by atoms with van der Waals surface area (Å²) < 4.78 is 0. The Labute approximate surface area is 189 Å². The minimum atomic E-state index is -0.479. The quantitative estimate of drug-likeness (QED) is 0.485. The van der Waals surface area contributed by atoms with Crippen LogP contribution >= 0.6 is 0 Å². The summed E-state index contributed by atoms with van der Waals surface area (Å²) in [6.07, 6.45) is 11.9. The highest BCUT2D eigenvalue weighted by Gasteiger charge is 2.36. The van der Waals surface area contributed by atoms with Gasteiger partial charge in [0.25, 0.3) is 0 Å². The molecule has 0 radical (unpaired) electrons. The van der Waals surface area contributed by atoms with Gasteiger partial charge in [0.2, 0.25) is 17.7 Å². The lowest BCUT2D eigenvalue weighted by Crippen LogP contribution is -2.51. The van der Waals surface area contributed by atoms with Gasteiger partial charge in [-0.25, -0.2) is 0 Å². The Bertz CT molecular complexity index is 587. The van der Waals surface area contributed by atoms with Crippen molar-refractivity contribution >= 4 is 17.7 Å². The Kier molecular flexibility index (Phi) is 10.8. The lowest BCUT2D eigenvalue weighted by Gasteiger charge is -2.29. The predicted molar refractivity (Wildman–Crippen MR) is 124 cm³/mol. The molecule has 1 aliphatic carbocycles. The molecule has 0 spiro atoms. The zero-order valence-corrected chi connectivity index (χ0v) is 20.0. The average Bonchev–Trinajstić information content (AvgIpc) is 3.18. The average molecular weight is 436 g/mol. The minimum Gasteiger partial charge on any atom is -0.369 e. The van der Waals surface area contributed by atoms with Crippen molar-refractivity contribution in [3.8, 4) is 0 Å². The van der Waals surface area contributed by atoms with E-state index in [1.165, 1.54) is 25.7 Å². The molecule has 6 heteroatoms. The molecule has 3 atom stereocenters. The number of rotatable bonds is 12. The normalized spacial score (nSPS) is 22.4. The Morgan fingerprint density at radius 3 is 2.39 bits per heavy atom. The van der Waals surface area contributed by atoms with Crippen molar-refractivity contribution in [2.75, 3.05) is 13.1 Å². The maximum absolute atomic E-state index is 13.3. The molecule has 1 saturated heterocycles. The SMILES string of the molecule is CCCC[C@H](C(N)=O)[C@@H](CC(C)C)C(=O)N[C@H]1CCCCN(CCC2CCCC2)C1=O. The minimum absolute atomic E-state index is 0.0522. The molecular formula is C25H45N3O3. The summed E-state index contributed by atoms with van der Waals surface area (Å²) in [5, 5.41) is 3.05. The standard InChI is InChI=1S/C25H45N3O3/c1-4-5-12-20(23(26)29)21(17-18(2)3)24(30)27-22-13-8-9-15-28(25(22)31)16-14-19-10-6-7-11-19/h18-22H,4-17H2,1-3H3,(H2,26,29)(H,27,30)/t20-,21+,22-/m0/s1. The number of primary amides is 1. The second-order valence-corrected chi connectivity index (χ2v) is 10.2. The van der Waals surface area contributed by atoms with E-state index in [1.807, 2.05) is 4.90 Å². The number of hydrogen-bond acceptors (Lipinski definition) is 3. The van der Waals surface area contributed by atoms with Crippen molar-refractivity contribution in [1.29, 1.82) is 0 Å². The van der Waals surface area contributed by atoms with Gasteiger partial charge in [-0.2, -0.15) is 0 Å². The van der Waals surface area contributed by atoms with Crippen LogP contribution in [0.3, 0.4) is 0 Å². The third-order valence-electron chi connectivity index (χ3n) is 7.16. The first-order valence-electron chi connectivity index (χ1n) is 12.7. The predicted octanol–water partition coefficient (Wildman–Crippen LogP) is 4.02. The molecule has 6 nitrogen and oxygen atoms in total. The first-order valence-corrected chi connectivity index (χ1v) is 12.7. The number of nitrogens with one attached hydrogen (secondary N) is 1. The molecule has 0 bridgehead atoms. The molecular weight excluding hydrogens is 390 g/mol. The van der Waals surface area contributed by atoms with E-state index >= 15 is 0 Å². The molecule has 0 unspecified atom stereocenters. The summed E-state index contributed by atoms with van der Waals surface area (Å²) in [5.41, 5.74) is 5.70. The first-order chi connectivity index (χ1) is 14.8. The molecule has 1 aliphatic heterocycles. The van der Waals surface area contributed by atoms with E-state index < -0.39 is 23.8 Å². The number of unbranched alkanes of at least 4 members (excludes halogenated alkanes) is 1. The van der Waals surface area contributed by atoms with E-state index in [9.17, 15) is 14.4 Å². The van der Waals surface area contributed by atoms with E-state index in [1.54, 1.807) is 0 Å². The van der Waals surface area contributed by atoms with Gasteiger partial charge in [-0.05, 0) is 50.4 Å². The highest BCUT2D eigenvalue weighted by atomic mass is 16.2. The van der Waals surface area contributed by atoms with Gasteiger partial charge in [-0.15, -0.1) is 0 Å². The molecule has 2 fully saturated rings. The van der Waals surface area contributed by atoms with Crippen LogP contribution in [0.4, 0.5) is 0 Å². The highest BCUT2D eigenvalue weighted by molar-refractivity contribution is 5.91. The third-order valence-corrected chi connectivity index (χ3v) is 7.16. The Morgan fingerprint density at radius 2 is 1.77 bits per heavy atom. The molecule has 3 amide bonds. The molecule has 0 aromatic carbocycles. The topological polar surface area (TPSA) is 92.5 Å². The molecule has 3 N–H and O–H groups in total. The molecule has 0 aromatic rings. The molecule has 2 aliphatic rings. The zero-order chi connectivity index (χ0) is 22.8. The number of likely N-dealkylation sites (tertiary alicyclic amines) is 1. The second kappa shape index (κ2) is 13.1. The van der Waals surface area contributed by atoms with Crippen LogP contribution in [-0.2, 0) is 14.4 Å². The van der Waals surface area contributed by atoms with Crippen LogP contribution in [0.15, 0.2) is 0 Å². The fourth-order valence-electron chi connectivity index (χ4n) is 5.30. The monoisotopic (exact) mass is 435 g/mol. The van der Waals surface area contributed by atoms with E-state index in [4.69, 9.17) is 5.73 Å². The van der Waals surface area contributed by atoms with Crippen molar-refractivity contribution in [3.05, 3.63) is 0 Å². The fourth-order valence-corrected chi connectivity index (χ4v) is 5.30. The van der Waals surface area contributed by atoms with E-state index in [-0.39, 0.29) is 17.7 Å². The summed E-state index contributed by atoms with van der Waals surface area (Å²) >= 11 is 0. The van der Waals surface area contributed by atoms with Crippen LogP contribution in [0.2, 0.25) is 0 Å². The maximum atomic E-state index is 13.3. The van der Waals surface area contributed by atoms with Crippen LogP contribution in [0.5, 0.6) is 0 Å². The third kappa shape index (κ3) is 8.12. The van der Waals surface area contributed by atoms with Gasteiger partial charge in [-0.1, -0.05) is 59.3 Å². The van der Waals surface area contributed by atoms with Gasteiger partial charge >= 0.3 is 0 Å². The summed E-state index contributed by atoms with van der Waals surface area (Å²) in [4.78, 5) is 40.7. The van der Waals surface area contributed by atoms with E-state index in [2.05, 4.69) is 26.1 Å². The summed E-state index contributed by atoms with van der Waals surface area (Å²) in [6, 6.07) is -0.479. The molecule has 0 aromatic heterocycles. The number of carbonyl (C=O) groups excluding carboxylic acids is 3. The molecule has 1 saturated carbocycles. The molecule has 2 rings (SSSR count). The van der Waals surface area contributed by atoms with Gasteiger partial charge in [0.1, 0.15) is 6.04 Å². The Balaban J connectivity index is 2.04. The van der Waals surface area contributed by atoms with Crippen molar-refractivity contribution < 1.29 is 14.4 Å². The fraction of sp³-hybridized carbons (Fsp3) is 0.880. The number of hydrogen-bond donors (Lipinski definition) is 2. The lowest BCUT2D eigenvalue weighted by molar-refractivity contribution is -0.139. The largest absolute Gasteiger partial charge is 0.369 e. The molecule has 178 valence electrons. The maximum Gasteiger partial charge on any atom is 0.245 e. The molecule has 31 heavy (non-hydrogen) atoms. The highest BCUT2D eigenvalue weighted by Crippen LogP contribution is 2.29. The van der Waals surface area contributed by atoms with E-state index in [0.29, 0.717) is 19.3 Å². The van der Waals surface area contributed by atoms with Crippen LogP contribution < -0.4 is 11.1 Å². The Morgan fingerprint density at radius 1 is 1.10 bits per heavy atom. The number of amides is 3. The van der Waals surface area contributed by atoms with Gasteiger partial charge in [0.05, 0.1) is 0 Å². The van der Waals surface area contributed by atoms with Crippen molar-refractivity contribution in [2.45, 2.75) is 104 Å². The van der Waals surface area contributed by atoms with E-state index in [0.717, 1.165) is 51.1 Å². The van der Waals surface area contributed by atoms with Crippen LogP contribution in [0.25, 0.3) is 0 Å². The number of carbonyl (C=O) groups is 3. The van der Waals surface area contributed by atoms with Crippen molar-refractivity contribution in [2.24, 2.45) is 29.4 Å². The zero-order valence-electron chi connectivity index (χ0n) is 20.0. The van der Waals surface area contributed by atoms with Crippen LogP contribution in [-0.4, -0.2) is 41.8 Å². The summed E-state index contributed by atoms with van der Waals surface area (Å²) in [7, 11) is 0. The van der Waals surface area contributed by atoms with Crippen LogP contribution in [0, 0.1) is 23.7 Å². The smallest absolute Gasteiger partial charge is 0.245 e. The van der Waals surface area contributed by atoms with Gasteiger partial charge in [0, 0.05) is 24.9 Å². The van der Waals surface area contributed by atoms with Gasteiger partial charge in [0.15, 0.2) is 0 Å². The van der Waals surface area contributed by atoms with Crippen molar-refractivity contribution in [1.82, 2.24) is 10.2 Å². The van der Waals surface area contributed by atoms with Gasteiger partial charge < -0.3 is 16.0 Å². The second-order valence-electron chi connectivity index (χ2n) is 10.2. The van der Waals surface area contributed by atoms with Gasteiger partial charge in [-0.3, -0.25) is 14.4 Å². The lowest BCUT2D eigenvalue weighted by atomic mass is 9.81.